The highest BCUT2D eigenvalue weighted by Crippen LogP contribution is 2.46. The van der Waals surface area contributed by atoms with Gasteiger partial charge in [-0.3, -0.25) is 14.8 Å². The lowest BCUT2D eigenvalue weighted by Gasteiger charge is -2.43. The van der Waals surface area contributed by atoms with Crippen LogP contribution in [0.5, 0.6) is 0 Å². The van der Waals surface area contributed by atoms with Crippen LogP contribution in [0.1, 0.15) is 71.6 Å². The van der Waals surface area contributed by atoms with E-state index in [4.69, 9.17) is 9.83 Å². The Labute approximate surface area is 215 Å². The number of amides is 1. The lowest BCUT2D eigenvalue weighted by Crippen LogP contribution is -2.48. The van der Waals surface area contributed by atoms with Crippen LogP contribution < -0.4 is 11.0 Å². The molecular weight excluding hydrogens is 493 g/mol. The second-order valence-corrected chi connectivity index (χ2v) is 12.0. The van der Waals surface area contributed by atoms with Gasteiger partial charge in [0.2, 0.25) is 5.91 Å². The molecule has 210 valence electrons. The highest BCUT2D eigenvalue weighted by atomic mass is 19.4. The molecule has 37 heavy (non-hydrogen) atoms. The van der Waals surface area contributed by atoms with E-state index in [-0.39, 0.29) is 48.1 Å². The highest BCUT2D eigenvalue weighted by Gasteiger charge is 2.49. The van der Waals surface area contributed by atoms with Gasteiger partial charge < -0.3 is 9.73 Å². The molecule has 0 spiro atoms. The Morgan fingerprint density at radius 2 is 1.89 bits per heavy atom. The molecule has 4 rings (SSSR count). The van der Waals surface area contributed by atoms with Gasteiger partial charge >= 0.3 is 6.18 Å². The predicted molar refractivity (Wildman–Crippen MR) is 128 cm³/mol. The van der Waals surface area contributed by atoms with Crippen LogP contribution in [0, 0.1) is 46.8 Å². The van der Waals surface area contributed by atoms with Crippen molar-refractivity contribution in [3.8, 4) is 0 Å². The largest absolute Gasteiger partial charge is 0.432 e. The van der Waals surface area contributed by atoms with E-state index in [1.165, 1.54) is 6.26 Å². The van der Waals surface area contributed by atoms with Crippen molar-refractivity contribution in [2.24, 2.45) is 41.4 Å². The topological polar surface area (TPSA) is 71.0 Å². The van der Waals surface area contributed by atoms with Crippen molar-refractivity contribution in [1.29, 1.82) is 5.41 Å². The van der Waals surface area contributed by atoms with Crippen LogP contribution >= 0.6 is 0 Å². The third-order valence-electron chi connectivity index (χ3n) is 9.43. The van der Waals surface area contributed by atoms with Crippen LogP contribution in [-0.2, 0) is 11.3 Å². The number of alkyl halides is 5. The number of halogens is 5. The number of nitrogens with zero attached hydrogens (tertiary/aromatic N) is 1. The van der Waals surface area contributed by atoms with Gasteiger partial charge in [0, 0.05) is 24.7 Å². The first-order chi connectivity index (χ1) is 17.4. The zero-order chi connectivity index (χ0) is 26.9. The second-order valence-electron chi connectivity index (χ2n) is 12.0. The molecule has 9 unspecified atom stereocenters. The summed E-state index contributed by atoms with van der Waals surface area (Å²) in [6, 6.07) is -0.479. The minimum absolute atomic E-state index is 0.0470. The van der Waals surface area contributed by atoms with Gasteiger partial charge in [-0.25, -0.2) is 8.78 Å². The van der Waals surface area contributed by atoms with Crippen LogP contribution in [0.25, 0.3) is 0 Å². The lowest BCUT2D eigenvalue weighted by atomic mass is 9.63. The average Bonchev–Trinajstić information content (AvgIpc) is 3.22. The number of nitrogens with one attached hydrogen (secondary N) is 2. The van der Waals surface area contributed by atoms with E-state index in [1.54, 1.807) is 17.7 Å². The molecule has 10 heteroatoms. The van der Waals surface area contributed by atoms with E-state index in [2.05, 4.69) is 12.2 Å². The van der Waals surface area contributed by atoms with Gasteiger partial charge in [-0.2, -0.15) is 13.2 Å². The van der Waals surface area contributed by atoms with E-state index in [0.29, 0.717) is 44.6 Å². The number of rotatable bonds is 6. The monoisotopic (exact) mass is 533 g/mol. The molecule has 0 bridgehead atoms. The molecular formula is C27H40F5N3O2. The predicted octanol–water partition coefficient (Wildman–Crippen LogP) is 6.19. The Morgan fingerprint density at radius 1 is 1.14 bits per heavy atom. The smallest absolute Gasteiger partial charge is 0.394 e. The number of carbonyl (C=O) groups is 1. The number of oxazole rings is 1. The normalized spacial score (nSPS) is 38.2. The zero-order valence-electron chi connectivity index (χ0n) is 21.7. The van der Waals surface area contributed by atoms with E-state index in [0.717, 1.165) is 12.8 Å². The van der Waals surface area contributed by atoms with Crippen molar-refractivity contribution in [2.75, 3.05) is 0 Å². The van der Waals surface area contributed by atoms with Crippen LogP contribution in [0.2, 0.25) is 0 Å². The number of hydrogen-bond acceptors (Lipinski definition) is 3. The fraction of sp³-hybridized carbons (Fsp3) is 0.852. The molecule has 3 fully saturated rings. The van der Waals surface area contributed by atoms with E-state index < -0.39 is 36.4 Å². The molecule has 1 aromatic rings. The second kappa shape index (κ2) is 11.5. The Hall–Kier alpha value is -1.87. The first-order valence-electron chi connectivity index (χ1n) is 13.8. The fourth-order valence-electron chi connectivity index (χ4n) is 7.40. The first-order valence-corrected chi connectivity index (χ1v) is 13.8. The molecule has 3 aliphatic carbocycles. The summed E-state index contributed by atoms with van der Waals surface area (Å²) in [6.07, 6.45) is -0.187. The number of hydrogen-bond donors (Lipinski definition) is 2. The van der Waals surface area contributed by atoms with E-state index in [9.17, 15) is 26.7 Å². The first kappa shape index (κ1) is 28.1. The molecule has 1 amide bonds. The maximum absolute atomic E-state index is 14.0. The summed E-state index contributed by atoms with van der Waals surface area (Å²) in [5.74, 6) is -1.97. The summed E-state index contributed by atoms with van der Waals surface area (Å²) in [6.45, 7) is 4.36. The van der Waals surface area contributed by atoms with E-state index >= 15 is 0 Å². The maximum Gasteiger partial charge on any atom is 0.394 e. The fourth-order valence-corrected chi connectivity index (χ4v) is 7.40. The standard InChI is InChI=1S/C27H40F5N3O2/c1-15-9-21(28)4-5-22(15)19-10-17(14-35-7-8-37-26(35)33)11-20(12-19)25(36)34-16(2)18-3-6-24(29)23(13-18)27(30,31)32/h7-8,15-24,33H,3-6,9-14H2,1-2H3,(H,34,36)/t15?,16-,17?,18?,19?,20?,21?,22?,23?,24?/m0/s1. The van der Waals surface area contributed by atoms with E-state index in [1.807, 2.05) is 0 Å². The molecule has 0 radical (unpaired) electrons. The van der Waals surface area contributed by atoms with Crippen LogP contribution in [0.3, 0.4) is 0 Å². The summed E-state index contributed by atoms with van der Waals surface area (Å²) < 4.78 is 74.8. The molecule has 1 heterocycles. The molecule has 10 atom stereocenters. The number of aromatic nitrogens is 1. The third kappa shape index (κ3) is 6.77. The van der Waals surface area contributed by atoms with Crippen molar-refractivity contribution < 1.29 is 31.2 Å². The quantitative estimate of drug-likeness (QED) is 0.428. The minimum Gasteiger partial charge on any atom is -0.432 e. The molecule has 5 nitrogen and oxygen atoms in total. The molecule has 2 N–H and O–H groups in total. The number of carbonyl (C=O) groups excluding carboxylic acids is 1. The molecule has 0 aromatic carbocycles. The van der Waals surface area contributed by atoms with Crippen LogP contribution in [-0.4, -0.2) is 35.0 Å². The summed E-state index contributed by atoms with van der Waals surface area (Å²) in [5, 5.41) is 10.9. The summed E-state index contributed by atoms with van der Waals surface area (Å²) in [4.78, 5) is 13.4. The SMILES string of the molecule is CC1CC(F)CCC1C1CC(Cn2ccoc2=N)CC(C(=O)N[C@@H](C)C2CCC(F)C(C(F)(F)F)C2)C1. The van der Waals surface area contributed by atoms with Crippen molar-refractivity contribution in [2.45, 2.75) is 103 Å². The molecule has 0 saturated heterocycles. The Kier molecular flexibility index (Phi) is 8.73. The van der Waals surface area contributed by atoms with Crippen molar-refractivity contribution in [3.63, 3.8) is 0 Å². The van der Waals surface area contributed by atoms with Crippen molar-refractivity contribution in [3.05, 3.63) is 18.1 Å². The van der Waals surface area contributed by atoms with Gasteiger partial charge in [0.25, 0.3) is 5.68 Å². The van der Waals surface area contributed by atoms with Gasteiger partial charge in [0.1, 0.15) is 18.6 Å². The molecule has 0 aliphatic heterocycles. The Balaban J connectivity index is 1.44. The van der Waals surface area contributed by atoms with Gasteiger partial charge in [-0.15, -0.1) is 0 Å². The Morgan fingerprint density at radius 3 is 2.54 bits per heavy atom. The van der Waals surface area contributed by atoms with Crippen molar-refractivity contribution >= 4 is 5.91 Å². The summed E-state index contributed by atoms with van der Waals surface area (Å²) in [7, 11) is 0. The summed E-state index contributed by atoms with van der Waals surface area (Å²) >= 11 is 0. The lowest BCUT2D eigenvalue weighted by molar-refractivity contribution is -0.203. The highest BCUT2D eigenvalue weighted by molar-refractivity contribution is 5.79. The average molecular weight is 534 g/mol. The van der Waals surface area contributed by atoms with Gasteiger partial charge in [0.05, 0.1) is 5.92 Å². The van der Waals surface area contributed by atoms with Gasteiger partial charge in [-0.05, 0) is 94.3 Å². The van der Waals surface area contributed by atoms with Gasteiger partial charge in [-0.1, -0.05) is 6.92 Å². The molecule has 3 aliphatic rings. The molecule has 1 aromatic heterocycles. The van der Waals surface area contributed by atoms with Gasteiger partial charge in [0.15, 0.2) is 0 Å². The van der Waals surface area contributed by atoms with Crippen LogP contribution in [0.15, 0.2) is 16.9 Å². The third-order valence-corrected chi connectivity index (χ3v) is 9.43. The summed E-state index contributed by atoms with van der Waals surface area (Å²) in [5.41, 5.74) is 0.0470. The minimum atomic E-state index is -4.58. The molecule has 3 saturated carbocycles. The zero-order valence-corrected chi connectivity index (χ0v) is 21.7. The van der Waals surface area contributed by atoms with Crippen molar-refractivity contribution in [1.82, 2.24) is 9.88 Å². The van der Waals surface area contributed by atoms with Crippen LogP contribution in [0.4, 0.5) is 22.0 Å². The Bertz CT molecular complexity index is 962. The maximum atomic E-state index is 14.0.